The van der Waals surface area contributed by atoms with Crippen molar-refractivity contribution in [2.45, 2.75) is 13.0 Å². The average Bonchev–Trinajstić information content (AvgIpc) is 3.12. The van der Waals surface area contributed by atoms with Crippen molar-refractivity contribution in [1.82, 2.24) is 18.5 Å². The lowest BCUT2D eigenvalue weighted by Gasteiger charge is -2.11. The third kappa shape index (κ3) is 2.79. The lowest BCUT2D eigenvalue weighted by atomic mass is 10.1. The maximum atomic E-state index is 11.9. The number of anilines is 1. The summed E-state index contributed by atoms with van der Waals surface area (Å²) in [5, 5.41) is 7.02. The molecule has 1 N–H and O–H groups in total. The van der Waals surface area contributed by atoms with Gasteiger partial charge in [-0.05, 0) is 6.42 Å². The van der Waals surface area contributed by atoms with Gasteiger partial charge in [-0.3, -0.25) is 4.79 Å². The molecule has 8 heteroatoms. The summed E-state index contributed by atoms with van der Waals surface area (Å²) in [6.45, 7) is 2.30. The van der Waals surface area contributed by atoms with E-state index in [1.807, 2.05) is 0 Å². The maximum absolute atomic E-state index is 11.9. The number of ether oxygens (including phenoxy) is 1. The van der Waals surface area contributed by atoms with Crippen molar-refractivity contribution in [1.29, 1.82) is 0 Å². The van der Waals surface area contributed by atoms with Gasteiger partial charge in [-0.2, -0.15) is 13.8 Å². The van der Waals surface area contributed by atoms with Crippen molar-refractivity contribution in [3.8, 4) is 0 Å². The normalized spacial score (nSPS) is 18.6. The first-order chi connectivity index (χ1) is 9.33. The smallest absolute Gasteiger partial charge is 0.278 e. The van der Waals surface area contributed by atoms with Crippen LogP contribution in [-0.4, -0.2) is 37.6 Å². The van der Waals surface area contributed by atoms with Gasteiger partial charge < -0.3 is 10.1 Å². The first-order valence-corrected chi connectivity index (χ1v) is 6.74. The molecule has 3 heterocycles. The Labute approximate surface area is 113 Å². The molecule has 0 aliphatic carbocycles. The van der Waals surface area contributed by atoms with Gasteiger partial charge in [-0.15, -0.1) is 0 Å². The average molecular weight is 279 g/mol. The fraction of sp³-hybridized carbons (Fsp3) is 0.455. The quantitative estimate of drug-likeness (QED) is 0.903. The molecule has 1 amide bonds. The molecule has 1 atom stereocenters. The largest absolute Gasteiger partial charge is 0.381 e. The van der Waals surface area contributed by atoms with Crippen LogP contribution in [0.5, 0.6) is 0 Å². The molecule has 19 heavy (non-hydrogen) atoms. The first kappa shape index (κ1) is 12.2. The van der Waals surface area contributed by atoms with E-state index in [9.17, 15) is 4.79 Å². The number of nitrogens with zero attached hydrogens (tertiary/aromatic N) is 4. The zero-order valence-electron chi connectivity index (χ0n) is 10.2. The minimum Gasteiger partial charge on any atom is -0.381 e. The molecule has 0 saturated carbocycles. The Bertz CT molecular complexity index is 547. The van der Waals surface area contributed by atoms with Gasteiger partial charge in [-0.25, -0.2) is 4.68 Å². The maximum Gasteiger partial charge on any atom is 0.278 e. The molecule has 100 valence electrons. The Balaban J connectivity index is 1.68. The molecule has 0 spiro atoms. The topological polar surface area (TPSA) is 81.9 Å². The number of amides is 1. The lowest BCUT2D eigenvalue weighted by Crippen LogP contribution is -2.19. The molecule has 2 aromatic rings. The van der Waals surface area contributed by atoms with Crippen LogP contribution in [0.3, 0.4) is 0 Å². The molecule has 0 radical (unpaired) electrons. The molecule has 7 nitrogen and oxygen atoms in total. The van der Waals surface area contributed by atoms with Gasteiger partial charge in [0.15, 0.2) is 5.69 Å². The van der Waals surface area contributed by atoms with Crippen LogP contribution < -0.4 is 5.32 Å². The van der Waals surface area contributed by atoms with Gasteiger partial charge in [0.1, 0.15) is 5.82 Å². The fourth-order valence-corrected chi connectivity index (χ4v) is 2.41. The van der Waals surface area contributed by atoms with E-state index in [1.165, 1.54) is 6.20 Å². The molecule has 1 saturated heterocycles. The SMILES string of the molecule is O=C(Nc1ccnn1C[C@H]1CCOC1)c1cnsn1. The summed E-state index contributed by atoms with van der Waals surface area (Å²) < 4.78 is 14.8. The molecule has 0 unspecified atom stereocenters. The summed E-state index contributed by atoms with van der Waals surface area (Å²) in [6, 6.07) is 1.77. The molecule has 1 aliphatic rings. The fourth-order valence-electron chi connectivity index (χ4n) is 2.00. The lowest BCUT2D eigenvalue weighted by molar-refractivity contribution is 0.102. The molecule has 1 fully saturated rings. The molecular weight excluding hydrogens is 266 g/mol. The Morgan fingerprint density at radius 3 is 3.32 bits per heavy atom. The van der Waals surface area contributed by atoms with Crippen molar-refractivity contribution in [3.05, 3.63) is 24.2 Å². The van der Waals surface area contributed by atoms with E-state index in [0.717, 1.165) is 37.9 Å². The van der Waals surface area contributed by atoms with Crippen LogP contribution in [0.2, 0.25) is 0 Å². The summed E-state index contributed by atoms with van der Waals surface area (Å²) >= 11 is 1.01. The Morgan fingerprint density at radius 2 is 2.58 bits per heavy atom. The molecular formula is C11H13N5O2S. The van der Waals surface area contributed by atoms with Crippen LogP contribution in [0, 0.1) is 5.92 Å². The molecule has 0 bridgehead atoms. The van der Waals surface area contributed by atoms with E-state index < -0.39 is 0 Å². The summed E-state index contributed by atoms with van der Waals surface area (Å²) in [5.74, 6) is 0.861. The monoisotopic (exact) mass is 279 g/mol. The second-order valence-corrected chi connectivity index (χ2v) is 4.93. The van der Waals surface area contributed by atoms with Crippen molar-refractivity contribution in [2.24, 2.45) is 5.92 Å². The van der Waals surface area contributed by atoms with Gasteiger partial charge >= 0.3 is 0 Å². The van der Waals surface area contributed by atoms with E-state index in [1.54, 1.807) is 16.9 Å². The zero-order valence-corrected chi connectivity index (χ0v) is 11.0. The number of carbonyl (C=O) groups excluding carboxylic acids is 1. The van der Waals surface area contributed by atoms with Gasteiger partial charge in [0.2, 0.25) is 0 Å². The van der Waals surface area contributed by atoms with Crippen molar-refractivity contribution < 1.29 is 9.53 Å². The van der Waals surface area contributed by atoms with Crippen LogP contribution in [-0.2, 0) is 11.3 Å². The summed E-state index contributed by atoms with van der Waals surface area (Å²) in [4.78, 5) is 11.9. The Hall–Kier alpha value is -1.80. The van der Waals surface area contributed by atoms with E-state index in [2.05, 4.69) is 19.2 Å². The second-order valence-electron chi connectivity index (χ2n) is 4.37. The van der Waals surface area contributed by atoms with Crippen molar-refractivity contribution in [3.63, 3.8) is 0 Å². The third-order valence-electron chi connectivity index (χ3n) is 3.01. The van der Waals surface area contributed by atoms with Crippen LogP contribution in [0.4, 0.5) is 5.82 Å². The highest BCUT2D eigenvalue weighted by Gasteiger charge is 2.18. The summed E-state index contributed by atoms with van der Waals surface area (Å²) in [5.41, 5.74) is 0.321. The van der Waals surface area contributed by atoms with Crippen molar-refractivity contribution >= 4 is 23.5 Å². The summed E-state index contributed by atoms with van der Waals surface area (Å²) in [7, 11) is 0. The van der Waals surface area contributed by atoms with Crippen LogP contribution >= 0.6 is 11.7 Å². The second kappa shape index (κ2) is 5.45. The van der Waals surface area contributed by atoms with Crippen molar-refractivity contribution in [2.75, 3.05) is 18.5 Å². The number of rotatable bonds is 4. The predicted octanol–water partition coefficient (Wildman–Crippen LogP) is 1.02. The number of carbonyl (C=O) groups is 1. The molecule has 0 aromatic carbocycles. The number of hydrogen-bond acceptors (Lipinski definition) is 6. The minimum absolute atomic E-state index is 0.266. The molecule has 2 aromatic heterocycles. The first-order valence-electron chi connectivity index (χ1n) is 6.01. The van der Waals surface area contributed by atoms with Gasteiger partial charge in [0, 0.05) is 25.1 Å². The van der Waals surface area contributed by atoms with Gasteiger partial charge in [0.25, 0.3) is 5.91 Å². The minimum atomic E-state index is -0.266. The van der Waals surface area contributed by atoms with Gasteiger partial charge in [0.05, 0.1) is 30.7 Å². The standard InChI is InChI=1S/C11H13N5O2S/c17-11(9-5-13-19-15-9)14-10-1-3-12-16(10)6-8-2-4-18-7-8/h1,3,5,8H,2,4,6-7H2,(H,14,17)/t8-/m1/s1. The number of hydrogen-bond donors (Lipinski definition) is 1. The zero-order chi connectivity index (χ0) is 13.1. The Kier molecular flexibility index (Phi) is 3.51. The van der Waals surface area contributed by atoms with E-state index in [4.69, 9.17) is 4.74 Å². The van der Waals surface area contributed by atoms with E-state index in [-0.39, 0.29) is 5.91 Å². The molecule has 1 aliphatic heterocycles. The van der Waals surface area contributed by atoms with Crippen LogP contribution in [0.15, 0.2) is 18.5 Å². The highest BCUT2D eigenvalue weighted by molar-refractivity contribution is 6.99. The number of nitrogens with one attached hydrogen (secondary N) is 1. The highest BCUT2D eigenvalue weighted by Crippen LogP contribution is 2.17. The van der Waals surface area contributed by atoms with Crippen LogP contribution in [0.1, 0.15) is 16.9 Å². The Morgan fingerprint density at radius 1 is 1.63 bits per heavy atom. The van der Waals surface area contributed by atoms with E-state index >= 15 is 0 Å². The third-order valence-corrected chi connectivity index (χ3v) is 3.49. The molecule has 3 rings (SSSR count). The highest BCUT2D eigenvalue weighted by atomic mass is 32.1. The number of aromatic nitrogens is 4. The van der Waals surface area contributed by atoms with Crippen LogP contribution in [0.25, 0.3) is 0 Å². The van der Waals surface area contributed by atoms with E-state index in [0.29, 0.717) is 17.4 Å². The van der Waals surface area contributed by atoms with Gasteiger partial charge in [-0.1, -0.05) is 0 Å². The summed E-state index contributed by atoms with van der Waals surface area (Å²) in [6.07, 6.45) is 4.15. The predicted molar refractivity (Wildman–Crippen MR) is 69.0 cm³/mol.